The van der Waals surface area contributed by atoms with E-state index in [1.165, 1.54) is 37.7 Å². The van der Waals surface area contributed by atoms with E-state index in [-0.39, 0.29) is 0 Å². The third kappa shape index (κ3) is 4.74. The molecule has 1 saturated carbocycles. The Labute approximate surface area is 156 Å². The van der Waals surface area contributed by atoms with Gasteiger partial charge in [-0.1, -0.05) is 54.1 Å². The standard InChI is InChI=1S/C14H14Br2Cl3NO/c15-10-6-9(8-4-2-1-3-5-8)7-11(16)12(10)20-13(21)14(17,18)19/h6-8H,1-5H2,(H,20,21). The van der Waals surface area contributed by atoms with Crippen LogP contribution in [0.5, 0.6) is 0 Å². The number of carbonyl (C=O) groups excluding carboxylic acids is 1. The van der Waals surface area contributed by atoms with Crippen molar-refractivity contribution < 1.29 is 4.79 Å². The van der Waals surface area contributed by atoms with Crippen LogP contribution in [0.4, 0.5) is 5.69 Å². The molecule has 116 valence electrons. The van der Waals surface area contributed by atoms with E-state index in [0.29, 0.717) is 11.6 Å². The van der Waals surface area contributed by atoms with Gasteiger partial charge in [-0.25, -0.2) is 0 Å². The molecule has 2 rings (SSSR count). The molecular weight excluding hydrogens is 464 g/mol. The molecule has 2 nitrogen and oxygen atoms in total. The Bertz CT molecular complexity index is 517. The number of rotatable bonds is 2. The van der Waals surface area contributed by atoms with E-state index < -0.39 is 9.70 Å². The van der Waals surface area contributed by atoms with Crippen LogP contribution in [0.15, 0.2) is 21.1 Å². The second-order valence-electron chi connectivity index (χ2n) is 5.15. The highest BCUT2D eigenvalue weighted by Crippen LogP contribution is 2.40. The lowest BCUT2D eigenvalue weighted by atomic mass is 9.84. The monoisotopic (exact) mass is 475 g/mol. The molecule has 0 bridgehead atoms. The normalized spacial score (nSPS) is 16.8. The van der Waals surface area contributed by atoms with Gasteiger partial charge in [-0.15, -0.1) is 0 Å². The number of benzene rings is 1. The summed E-state index contributed by atoms with van der Waals surface area (Å²) in [6, 6.07) is 4.07. The topological polar surface area (TPSA) is 29.1 Å². The number of anilines is 1. The van der Waals surface area contributed by atoms with Gasteiger partial charge in [0.2, 0.25) is 0 Å². The number of halogens is 5. The molecule has 0 heterocycles. The van der Waals surface area contributed by atoms with Crippen molar-refractivity contribution in [2.45, 2.75) is 41.8 Å². The second-order valence-corrected chi connectivity index (χ2v) is 9.14. The van der Waals surface area contributed by atoms with Crippen molar-refractivity contribution in [2.24, 2.45) is 0 Å². The van der Waals surface area contributed by atoms with Gasteiger partial charge in [-0.05, 0) is 68.3 Å². The average Bonchev–Trinajstić information content (AvgIpc) is 2.42. The van der Waals surface area contributed by atoms with Gasteiger partial charge in [-0.3, -0.25) is 4.79 Å². The molecule has 21 heavy (non-hydrogen) atoms. The fourth-order valence-corrected chi connectivity index (χ4v) is 4.13. The average molecular weight is 478 g/mol. The Morgan fingerprint density at radius 1 is 1.10 bits per heavy atom. The summed E-state index contributed by atoms with van der Waals surface area (Å²) in [4.78, 5) is 11.8. The zero-order chi connectivity index (χ0) is 15.6. The first kappa shape index (κ1) is 17.9. The zero-order valence-electron chi connectivity index (χ0n) is 11.1. The lowest BCUT2D eigenvalue weighted by Crippen LogP contribution is -2.27. The maximum atomic E-state index is 11.8. The van der Waals surface area contributed by atoms with Gasteiger partial charge < -0.3 is 5.32 Å². The molecule has 7 heteroatoms. The van der Waals surface area contributed by atoms with Crippen LogP contribution in [0.3, 0.4) is 0 Å². The predicted molar refractivity (Wildman–Crippen MR) is 96.6 cm³/mol. The first-order chi connectivity index (χ1) is 9.79. The van der Waals surface area contributed by atoms with Crippen LogP contribution in [0, 0.1) is 0 Å². The molecule has 0 spiro atoms. The van der Waals surface area contributed by atoms with Gasteiger partial charge in [0.15, 0.2) is 0 Å². The molecule has 0 aliphatic heterocycles. The molecule has 0 radical (unpaired) electrons. The van der Waals surface area contributed by atoms with Crippen molar-refractivity contribution in [1.29, 1.82) is 0 Å². The molecule has 0 unspecified atom stereocenters. The van der Waals surface area contributed by atoms with E-state index in [0.717, 1.165) is 8.95 Å². The second kappa shape index (κ2) is 7.39. The number of nitrogens with one attached hydrogen (secondary N) is 1. The summed E-state index contributed by atoms with van der Waals surface area (Å²) < 4.78 is -0.430. The minimum atomic E-state index is -1.99. The van der Waals surface area contributed by atoms with E-state index in [1.807, 2.05) is 12.1 Å². The van der Waals surface area contributed by atoms with Gasteiger partial charge >= 0.3 is 0 Å². The molecule has 0 atom stereocenters. The quantitative estimate of drug-likeness (QED) is 0.479. The van der Waals surface area contributed by atoms with Crippen molar-refractivity contribution in [2.75, 3.05) is 5.32 Å². The van der Waals surface area contributed by atoms with Gasteiger partial charge in [0.1, 0.15) is 0 Å². The predicted octanol–water partition coefficient (Wildman–Crippen LogP) is 6.57. The maximum absolute atomic E-state index is 11.8. The van der Waals surface area contributed by atoms with Crippen molar-refractivity contribution in [3.8, 4) is 0 Å². The number of hydrogen-bond acceptors (Lipinski definition) is 1. The Balaban J connectivity index is 2.23. The molecule has 1 amide bonds. The van der Waals surface area contributed by atoms with E-state index >= 15 is 0 Å². The zero-order valence-corrected chi connectivity index (χ0v) is 16.5. The van der Waals surface area contributed by atoms with Crippen molar-refractivity contribution >= 4 is 78.3 Å². The van der Waals surface area contributed by atoms with Crippen LogP contribution >= 0.6 is 66.7 Å². The van der Waals surface area contributed by atoms with Crippen LogP contribution in [0.1, 0.15) is 43.6 Å². The van der Waals surface area contributed by atoms with Crippen LogP contribution in [0.25, 0.3) is 0 Å². The number of alkyl halides is 3. The van der Waals surface area contributed by atoms with E-state index in [4.69, 9.17) is 34.8 Å². The molecule has 0 aromatic heterocycles. The third-order valence-corrected chi connectivity index (χ3v) is 5.40. The molecule has 1 aromatic rings. The summed E-state index contributed by atoms with van der Waals surface area (Å²) in [5.74, 6) is -0.108. The fourth-order valence-electron chi connectivity index (χ4n) is 2.57. The Morgan fingerprint density at radius 3 is 2.10 bits per heavy atom. The Kier molecular flexibility index (Phi) is 6.29. The molecule has 1 aromatic carbocycles. The molecule has 0 saturated heterocycles. The number of hydrogen-bond donors (Lipinski definition) is 1. The van der Waals surface area contributed by atoms with Gasteiger partial charge in [-0.2, -0.15) is 0 Å². The largest absolute Gasteiger partial charge is 0.320 e. The number of carbonyl (C=O) groups is 1. The third-order valence-electron chi connectivity index (χ3n) is 3.64. The van der Waals surface area contributed by atoms with E-state index in [9.17, 15) is 4.79 Å². The van der Waals surface area contributed by atoms with Crippen LogP contribution < -0.4 is 5.32 Å². The summed E-state index contributed by atoms with van der Waals surface area (Å²) in [5, 5.41) is 2.62. The maximum Gasteiger partial charge on any atom is 0.276 e. The Morgan fingerprint density at radius 2 is 1.62 bits per heavy atom. The van der Waals surface area contributed by atoms with Gasteiger partial charge in [0.05, 0.1) is 5.69 Å². The van der Waals surface area contributed by atoms with Gasteiger partial charge in [0, 0.05) is 8.95 Å². The van der Waals surface area contributed by atoms with Crippen molar-refractivity contribution in [3.63, 3.8) is 0 Å². The fraction of sp³-hybridized carbons (Fsp3) is 0.500. The van der Waals surface area contributed by atoms with Gasteiger partial charge in [0.25, 0.3) is 9.70 Å². The highest BCUT2D eigenvalue weighted by molar-refractivity contribution is 9.11. The highest BCUT2D eigenvalue weighted by Gasteiger charge is 2.31. The summed E-state index contributed by atoms with van der Waals surface area (Å²) in [5.41, 5.74) is 1.84. The minimum Gasteiger partial charge on any atom is -0.320 e. The van der Waals surface area contributed by atoms with Crippen molar-refractivity contribution in [3.05, 3.63) is 26.6 Å². The first-order valence-corrected chi connectivity index (χ1v) is 9.38. The van der Waals surface area contributed by atoms with E-state index in [1.54, 1.807) is 0 Å². The molecule has 1 aliphatic rings. The summed E-state index contributed by atoms with van der Waals surface area (Å²) in [6.07, 6.45) is 6.27. The van der Waals surface area contributed by atoms with Crippen molar-refractivity contribution in [1.82, 2.24) is 0 Å². The Hall–Kier alpha value is 0.520. The van der Waals surface area contributed by atoms with E-state index in [2.05, 4.69) is 37.2 Å². The molecule has 1 aliphatic carbocycles. The minimum absolute atomic E-state index is 0.573. The summed E-state index contributed by atoms with van der Waals surface area (Å²) in [6.45, 7) is 0. The van der Waals surface area contributed by atoms with Crippen LogP contribution in [-0.4, -0.2) is 9.70 Å². The molecule has 1 N–H and O–H groups in total. The molecule has 1 fully saturated rings. The van der Waals surface area contributed by atoms with Crippen LogP contribution in [0.2, 0.25) is 0 Å². The molecular formula is C14H14Br2Cl3NO. The van der Waals surface area contributed by atoms with Crippen LogP contribution in [-0.2, 0) is 4.79 Å². The lowest BCUT2D eigenvalue weighted by Gasteiger charge is -2.23. The summed E-state index contributed by atoms with van der Waals surface area (Å²) >= 11 is 23.7. The SMILES string of the molecule is O=C(Nc1c(Br)cc(C2CCCCC2)cc1Br)C(Cl)(Cl)Cl. The lowest BCUT2D eigenvalue weighted by molar-refractivity contribution is -0.115. The highest BCUT2D eigenvalue weighted by atomic mass is 79.9. The number of amides is 1. The summed E-state index contributed by atoms with van der Waals surface area (Å²) in [7, 11) is 0. The first-order valence-electron chi connectivity index (χ1n) is 6.66. The smallest absolute Gasteiger partial charge is 0.276 e.